The van der Waals surface area contributed by atoms with Crippen LogP contribution in [-0.4, -0.2) is 9.97 Å². The molecule has 2 aromatic rings. The fourth-order valence-electron chi connectivity index (χ4n) is 1.13. The van der Waals surface area contributed by atoms with Crippen LogP contribution in [-0.2, 0) is 0 Å². The molecule has 0 saturated heterocycles. The Morgan fingerprint density at radius 3 is 2.67 bits per heavy atom. The Morgan fingerprint density at radius 2 is 2.00 bits per heavy atom. The van der Waals surface area contributed by atoms with E-state index in [0.717, 1.165) is 11.2 Å². The quantitative estimate of drug-likeness (QED) is 0.634. The number of pyridine rings is 1. The third kappa shape index (κ3) is 1.47. The summed E-state index contributed by atoms with van der Waals surface area (Å²) in [6.07, 6.45) is 3.75. The van der Waals surface area contributed by atoms with Crippen LogP contribution in [0, 0.1) is 6.92 Å². The van der Waals surface area contributed by atoms with Crippen molar-refractivity contribution in [2.45, 2.75) is 20.8 Å². The molecule has 0 aliphatic heterocycles. The van der Waals surface area contributed by atoms with Crippen LogP contribution in [0.4, 0.5) is 0 Å². The minimum Gasteiger partial charge on any atom is -0.360 e. The number of hydrogen-bond donors (Lipinski definition) is 1. The van der Waals surface area contributed by atoms with E-state index in [2.05, 4.69) is 9.97 Å². The van der Waals surface area contributed by atoms with Gasteiger partial charge in [0.1, 0.15) is 0 Å². The van der Waals surface area contributed by atoms with E-state index in [4.69, 9.17) is 0 Å². The monoisotopic (exact) mass is 162 g/mol. The molecule has 0 spiro atoms. The summed E-state index contributed by atoms with van der Waals surface area (Å²) in [5, 5.41) is 1.23. The topological polar surface area (TPSA) is 28.7 Å². The standard InChI is InChI=1S/C8H8N2.C2H6/c1-6-8-7(2-4-9-6)3-5-10-8;1-2/h2-5,10H,1H3;1-2H3. The maximum Gasteiger partial charge on any atom is 0.0670 e. The Hall–Kier alpha value is -1.31. The van der Waals surface area contributed by atoms with Crippen LogP contribution in [0.3, 0.4) is 0 Å². The highest BCUT2D eigenvalue weighted by Gasteiger charge is 1.95. The first-order valence-electron chi connectivity index (χ1n) is 4.26. The van der Waals surface area contributed by atoms with Gasteiger partial charge >= 0.3 is 0 Å². The molecule has 0 unspecified atom stereocenters. The van der Waals surface area contributed by atoms with Gasteiger partial charge in [0, 0.05) is 17.8 Å². The van der Waals surface area contributed by atoms with Gasteiger partial charge in [0.15, 0.2) is 0 Å². The highest BCUT2D eigenvalue weighted by Crippen LogP contribution is 2.12. The molecule has 2 rings (SSSR count). The van der Waals surface area contributed by atoms with Gasteiger partial charge in [-0.15, -0.1) is 0 Å². The van der Waals surface area contributed by atoms with Crippen LogP contribution in [0.15, 0.2) is 24.5 Å². The average Bonchev–Trinajstić information content (AvgIpc) is 2.57. The van der Waals surface area contributed by atoms with Gasteiger partial charge in [-0.25, -0.2) is 0 Å². The Balaban J connectivity index is 0.000000336. The van der Waals surface area contributed by atoms with Crippen LogP contribution in [0.2, 0.25) is 0 Å². The van der Waals surface area contributed by atoms with Crippen molar-refractivity contribution in [1.29, 1.82) is 0 Å². The summed E-state index contributed by atoms with van der Waals surface area (Å²) in [4.78, 5) is 7.27. The lowest BCUT2D eigenvalue weighted by atomic mass is 10.3. The van der Waals surface area contributed by atoms with Crippen LogP contribution >= 0.6 is 0 Å². The average molecular weight is 162 g/mol. The summed E-state index contributed by atoms with van der Waals surface area (Å²) in [5.41, 5.74) is 2.20. The van der Waals surface area contributed by atoms with E-state index >= 15 is 0 Å². The highest BCUT2D eigenvalue weighted by molar-refractivity contribution is 5.80. The van der Waals surface area contributed by atoms with Crippen molar-refractivity contribution in [3.63, 3.8) is 0 Å². The zero-order valence-corrected chi connectivity index (χ0v) is 7.76. The second kappa shape index (κ2) is 3.90. The van der Waals surface area contributed by atoms with E-state index in [-0.39, 0.29) is 0 Å². The predicted molar refractivity (Wildman–Crippen MR) is 52.2 cm³/mol. The van der Waals surface area contributed by atoms with Crippen molar-refractivity contribution in [1.82, 2.24) is 9.97 Å². The van der Waals surface area contributed by atoms with Crippen LogP contribution in [0.25, 0.3) is 10.9 Å². The van der Waals surface area contributed by atoms with Gasteiger partial charge in [-0.05, 0) is 19.1 Å². The lowest BCUT2D eigenvalue weighted by molar-refractivity contribution is 1.22. The summed E-state index contributed by atoms with van der Waals surface area (Å²) in [6.45, 7) is 6.00. The largest absolute Gasteiger partial charge is 0.360 e. The van der Waals surface area contributed by atoms with Gasteiger partial charge < -0.3 is 4.98 Å². The molecule has 64 valence electrons. The fourth-order valence-corrected chi connectivity index (χ4v) is 1.13. The zero-order chi connectivity index (χ0) is 8.97. The fraction of sp³-hybridized carbons (Fsp3) is 0.300. The van der Waals surface area contributed by atoms with Crippen molar-refractivity contribution < 1.29 is 0 Å². The minimum absolute atomic E-state index is 1.06. The number of rotatable bonds is 0. The summed E-state index contributed by atoms with van der Waals surface area (Å²) in [5.74, 6) is 0. The molecule has 0 aromatic carbocycles. The van der Waals surface area contributed by atoms with Crippen LogP contribution < -0.4 is 0 Å². The van der Waals surface area contributed by atoms with Gasteiger partial charge in [0.05, 0.1) is 11.2 Å². The van der Waals surface area contributed by atoms with Crippen molar-refractivity contribution in [3.8, 4) is 0 Å². The van der Waals surface area contributed by atoms with E-state index in [1.54, 1.807) is 0 Å². The number of aromatic nitrogens is 2. The third-order valence-corrected chi connectivity index (χ3v) is 1.66. The van der Waals surface area contributed by atoms with Crippen molar-refractivity contribution in [2.24, 2.45) is 0 Å². The molecule has 0 aliphatic carbocycles. The molecule has 0 fully saturated rings. The molecule has 12 heavy (non-hydrogen) atoms. The van der Waals surface area contributed by atoms with E-state index < -0.39 is 0 Å². The lowest BCUT2D eigenvalue weighted by Gasteiger charge is -1.91. The first kappa shape index (κ1) is 8.78. The van der Waals surface area contributed by atoms with E-state index in [1.807, 2.05) is 45.3 Å². The SMILES string of the molecule is CC.Cc1nccc2cc[nH]c12. The lowest BCUT2D eigenvalue weighted by Crippen LogP contribution is -1.79. The molecule has 0 radical (unpaired) electrons. The highest BCUT2D eigenvalue weighted by atomic mass is 14.7. The van der Waals surface area contributed by atoms with Gasteiger partial charge in [-0.3, -0.25) is 4.98 Å². The molecular formula is C10H14N2. The minimum atomic E-state index is 1.06. The molecule has 2 nitrogen and oxygen atoms in total. The number of hydrogen-bond acceptors (Lipinski definition) is 1. The predicted octanol–water partition coefficient (Wildman–Crippen LogP) is 2.90. The number of nitrogens with zero attached hydrogens (tertiary/aromatic N) is 1. The molecular weight excluding hydrogens is 148 g/mol. The number of fused-ring (bicyclic) bond motifs is 1. The normalized spacial score (nSPS) is 9.25. The first-order valence-corrected chi connectivity index (χ1v) is 4.26. The third-order valence-electron chi connectivity index (χ3n) is 1.66. The Bertz CT molecular complexity index is 349. The molecule has 2 heterocycles. The number of aromatic amines is 1. The molecule has 0 aliphatic rings. The van der Waals surface area contributed by atoms with Gasteiger partial charge in [0.25, 0.3) is 0 Å². The zero-order valence-electron chi connectivity index (χ0n) is 7.76. The second-order valence-corrected chi connectivity index (χ2v) is 2.34. The van der Waals surface area contributed by atoms with Crippen LogP contribution in [0.1, 0.15) is 19.5 Å². The Kier molecular flexibility index (Phi) is 2.86. The molecule has 1 N–H and O–H groups in total. The Morgan fingerprint density at radius 1 is 1.25 bits per heavy atom. The van der Waals surface area contributed by atoms with E-state index in [9.17, 15) is 0 Å². The summed E-state index contributed by atoms with van der Waals surface area (Å²) in [6, 6.07) is 4.04. The maximum absolute atomic E-state index is 4.15. The van der Waals surface area contributed by atoms with Gasteiger partial charge in [-0.1, -0.05) is 13.8 Å². The molecule has 0 bridgehead atoms. The first-order chi connectivity index (χ1) is 5.88. The smallest absolute Gasteiger partial charge is 0.0670 e. The maximum atomic E-state index is 4.15. The number of nitrogens with one attached hydrogen (secondary N) is 1. The van der Waals surface area contributed by atoms with Crippen molar-refractivity contribution in [2.75, 3.05) is 0 Å². The van der Waals surface area contributed by atoms with Crippen LogP contribution in [0.5, 0.6) is 0 Å². The van der Waals surface area contributed by atoms with Gasteiger partial charge in [-0.2, -0.15) is 0 Å². The summed E-state index contributed by atoms with van der Waals surface area (Å²) < 4.78 is 0. The number of H-pyrrole nitrogens is 1. The molecule has 0 amide bonds. The van der Waals surface area contributed by atoms with Crippen molar-refractivity contribution >= 4 is 10.9 Å². The summed E-state index contributed by atoms with van der Waals surface area (Å²) >= 11 is 0. The summed E-state index contributed by atoms with van der Waals surface area (Å²) in [7, 11) is 0. The number of aryl methyl sites for hydroxylation is 1. The van der Waals surface area contributed by atoms with Gasteiger partial charge in [0.2, 0.25) is 0 Å². The van der Waals surface area contributed by atoms with Crippen molar-refractivity contribution in [3.05, 3.63) is 30.2 Å². The molecule has 0 saturated carbocycles. The molecule has 0 atom stereocenters. The van der Waals surface area contributed by atoms with E-state index in [1.165, 1.54) is 5.39 Å². The van der Waals surface area contributed by atoms with E-state index in [0.29, 0.717) is 0 Å². The molecule has 2 heteroatoms. The molecule has 2 aromatic heterocycles. The Labute approximate surface area is 72.6 Å². The second-order valence-electron chi connectivity index (χ2n) is 2.34.